The topological polar surface area (TPSA) is 71.3 Å². The number of furan rings is 1. The fourth-order valence-electron chi connectivity index (χ4n) is 3.75. The summed E-state index contributed by atoms with van der Waals surface area (Å²) in [6.07, 6.45) is 5.31. The van der Waals surface area contributed by atoms with Gasteiger partial charge in [-0.3, -0.25) is 9.59 Å². The molecule has 0 atom stereocenters. The van der Waals surface area contributed by atoms with Crippen molar-refractivity contribution in [1.29, 1.82) is 0 Å². The number of hydrogen-bond acceptors (Lipinski definition) is 3. The van der Waals surface area contributed by atoms with Crippen molar-refractivity contribution < 1.29 is 14.0 Å². The number of anilines is 2. The maximum atomic E-state index is 12.6. The van der Waals surface area contributed by atoms with Gasteiger partial charge in [-0.1, -0.05) is 6.07 Å². The van der Waals surface area contributed by atoms with Gasteiger partial charge >= 0.3 is 0 Å². The van der Waals surface area contributed by atoms with E-state index in [9.17, 15) is 9.59 Å². The minimum absolute atomic E-state index is 0.110. The maximum Gasteiger partial charge on any atom is 0.228 e. The van der Waals surface area contributed by atoms with Crippen LogP contribution in [0.15, 0.2) is 41.0 Å². The Morgan fingerprint density at radius 3 is 2.52 bits per heavy atom. The van der Waals surface area contributed by atoms with Crippen LogP contribution in [0.2, 0.25) is 0 Å². The number of fused-ring (bicyclic) bond motifs is 2. The molecule has 27 heavy (non-hydrogen) atoms. The summed E-state index contributed by atoms with van der Waals surface area (Å²) in [6.45, 7) is 3.34. The highest BCUT2D eigenvalue weighted by atomic mass is 16.3. The molecule has 5 heteroatoms. The standard InChI is InChI=1S/C22H22N2O3/c1-13-19(23-14(2)25)7-4-8-20(13)24-22(26)11-17-12-27-21-10-16-6-3-5-15(16)9-18(17)21/h4,7-10,12H,3,5-6,11H2,1-2H3,(H,23,25)(H,24,26). The van der Waals surface area contributed by atoms with Gasteiger partial charge in [0.2, 0.25) is 11.8 Å². The zero-order valence-electron chi connectivity index (χ0n) is 15.5. The fraction of sp³-hybridized carbons (Fsp3) is 0.273. The first kappa shape index (κ1) is 17.3. The molecule has 0 saturated heterocycles. The molecule has 0 radical (unpaired) electrons. The zero-order chi connectivity index (χ0) is 19.0. The summed E-state index contributed by atoms with van der Waals surface area (Å²) in [7, 11) is 0. The molecule has 0 bridgehead atoms. The highest BCUT2D eigenvalue weighted by molar-refractivity contribution is 5.97. The Morgan fingerprint density at radius 1 is 1.07 bits per heavy atom. The lowest BCUT2D eigenvalue weighted by Crippen LogP contribution is -2.16. The molecular formula is C22H22N2O3. The first-order valence-corrected chi connectivity index (χ1v) is 9.20. The van der Waals surface area contributed by atoms with Gasteiger partial charge in [-0.2, -0.15) is 0 Å². The Kier molecular flexibility index (Phi) is 4.44. The van der Waals surface area contributed by atoms with Crippen molar-refractivity contribution >= 4 is 34.2 Å². The predicted octanol–water partition coefficient (Wildman–Crippen LogP) is 4.37. The first-order chi connectivity index (χ1) is 13.0. The van der Waals surface area contributed by atoms with Crippen LogP contribution < -0.4 is 10.6 Å². The number of aryl methyl sites for hydroxylation is 2. The SMILES string of the molecule is CC(=O)Nc1cccc(NC(=O)Cc2coc3cc4c(cc23)CCC4)c1C. The lowest BCUT2D eigenvalue weighted by Gasteiger charge is -2.12. The van der Waals surface area contributed by atoms with Gasteiger partial charge in [-0.15, -0.1) is 0 Å². The Bertz CT molecular complexity index is 1050. The first-order valence-electron chi connectivity index (χ1n) is 9.20. The van der Waals surface area contributed by atoms with E-state index in [2.05, 4.69) is 22.8 Å². The van der Waals surface area contributed by atoms with Crippen molar-refractivity contribution in [2.75, 3.05) is 10.6 Å². The molecule has 1 aromatic heterocycles. The zero-order valence-corrected chi connectivity index (χ0v) is 15.5. The van der Waals surface area contributed by atoms with Crippen molar-refractivity contribution in [2.45, 2.75) is 39.5 Å². The second kappa shape index (κ2) is 6.91. The van der Waals surface area contributed by atoms with E-state index in [1.807, 2.05) is 25.1 Å². The summed E-state index contributed by atoms with van der Waals surface area (Å²) in [5, 5.41) is 6.75. The minimum Gasteiger partial charge on any atom is -0.464 e. The molecule has 0 unspecified atom stereocenters. The third kappa shape index (κ3) is 3.45. The molecule has 1 heterocycles. The van der Waals surface area contributed by atoms with E-state index in [1.165, 1.54) is 24.5 Å². The van der Waals surface area contributed by atoms with Gasteiger partial charge in [0, 0.05) is 29.2 Å². The molecule has 0 aliphatic heterocycles. The van der Waals surface area contributed by atoms with E-state index in [4.69, 9.17) is 4.42 Å². The third-order valence-corrected chi connectivity index (χ3v) is 5.14. The Labute approximate surface area is 157 Å². The van der Waals surface area contributed by atoms with E-state index in [-0.39, 0.29) is 18.2 Å². The average Bonchev–Trinajstić information content (AvgIpc) is 3.23. The molecule has 4 rings (SSSR count). The number of amides is 2. The third-order valence-electron chi connectivity index (χ3n) is 5.14. The Balaban J connectivity index is 1.54. The summed E-state index contributed by atoms with van der Waals surface area (Å²) in [5.74, 6) is -0.250. The summed E-state index contributed by atoms with van der Waals surface area (Å²) < 4.78 is 5.68. The lowest BCUT2D eigenvalue weighted by atomic mass is 10.0. The quantitative estimate of drug-likeness (QED) is 0.724. The summed E-state index contributed by atoms with van der Waals surface area (Å²) in [5.41, 5.74) is 6.69. The molecule has 2 N–H and O–H groups in total. The fourth-order valence-corrected chi connectivity index (χ4v) is 3.75. The molecule has 0 spiro atoms. The molecule has 1 aliphatic rings. The van der Waals surface area contributed by atoms with E-state index in [0.29, 0.717) is 11.4 Å². The normalized spacial score (nSPS) is 12.8. The van der Waals surface area contributed by atoms with Crippen LogP contribution in [0.5, 0.6) is 0 Å². The van der Waals surface area contributed by atoms with Gasteiger partial charge in [0.15, 0.2) is 0 Å². The highest BCUT2D eigenvalue weighted by Crippen LogP contribution is 2.31. The van der Waals surface area contributed by atoms with Crippen LogP contribution in [0.3, 0.4) is 0 Å². The lowest BCUT2D eigenvalue weighted by molar-refractivity contribution is -0.115. The number of hydrogen-bond donors (Lipinski definition) is 2. The van der Waals surface area contributed by atoms with E-state index >= 15 is 0 Å². The van der Waals surface area contributed by atoms with Crippen molar-refractivity contribution in [3.63, 3.8) is 0 Å². The van der Waals surface area contributed by atoms with Gasteiger partial charge in [0.1, 0.15) is 5.58 Å². The number of carbonyl (C=O) groups is 2. The minimum atomic E-state index is -0.140. The van der Waals surface area contributed by atoms with Crippen molar-refractivity contribution in [3.8, 4) is 0 Å². The number of nitrogens with one attached hydrogen (secondary N) is 2. The molecule has 138 valence electrons. The Morgan fingerprint density at radius 2 is 1.78 bits per heavy atom. The molecule has 2 amide bonds. The Hall–Kier alpha value is -3.08. The summed E-state index contributed by atoms with van der Waals surface area (Å²) in [4.78, 5) is 23.9. The average molecular weight is 362 g/mol. The smallest absolute Gasteiger partial charge is 0.228 e. The molecule has 2 aromatic carbocycles. The molecular weight excluding hydrogens is 340 g/mol. The summed E-state index contributed by atoms with van der Waals surface area (Å²) >= 11 is 0. The number of benzene rings is 2. The predicted molar refractivity (Wildman–Crippen MR) is 106 cm³/mol. The van der Waals surface area contributed by atoms with Gasteiger partial charge in [0.25, 0.3) is 0 Å². The molecule has 5 nitrogen and oxygen atoms in total. The van der Waals surface area contributed by atoms with Crippen LogP contribution in [0.4, 0.5) is 11.4 Å². The van der Waals surface area contributed by atoms with Crippen molar-refractivity contribution in [2.24, 2.45) is 0 Å². The van der Waals surface area contributed by atoms with Crippen LogP contribution in [-0.4, -0.2) is 11.8 Å². The molecule has 0 saturated carbocycles. The van der Waals surface area contributed by atoms with Crippen LogP contribution in [0.1, 0.15) is 35.6 Å². The van der Waals surface area contributed by atoms with Crippen LogP contribution in [0, 0.1) is 6.92 Å². The second-order valence-electron chi connectivity index (χ2n) is 7.12. The summed E-state index contributed by atoms with van der Waals surface area (Å²) in [6, 6.07) is 9.74. The van der Waals surface area contributed by atoms with Gasteiger partial charge in [0.05, 0.1) is 12.7 Å². The highest BCUT2D eigenvalue weighted by Gasteiger charge is 2.17. The largest absolute Gasteiger partial charge is 0.464 e. The van der Waals surface area contributed by atoms with E-state index < -0.39 is 0 Å². The van der Waals surface area contributed by atoms with Gasteiger partial charge in [-0.05, 0) is 67.1 Å². The van der Waals surface area contributed by atoms with Crippen LogP contribution >= 0.6 is 0 Å². The van der Waals surface area contributed by atoms with Gasteiger partial charge in [-0.25, -0.2) is 0 Å². The second-order valence-corrected chi connectivity index (χ2v) is 7.12. The number of carbonyl (C=O) groups excluding carboxylic acids is 2. The molecule has 3 aromatic rings. The molecule has 1 aliphatic carbocycles. The van der Waals surface area contributed by atoms with Crippen molar-refractivity contribution in [1.82, 2.24) is 0 Å². The maximum absolute atomic E-state index is 12.6. The monoisotopic (exact) mass is 362 g/mol. The number of rotatable bonds is 4. The van der Waals surface area contributed by atoms with E-state index in [0.717, 1.165) is 34.9 Å². The van der Waals surface area contributed by atoms with Crippen molar-refractivity contribution in [3.05, 3.63) is 58.8 Å². The van der Waals surface area contributed by atoms with Crippen LogP contribution in [-0.2, 0) is 28.9 Å². The van der Waals surface area contributed by atoms with E-state index in [1.54, 1.807) is 6.26 Å². The molecule has 0 fully saturated rings. The van der Waals surface area contributed by atoms with Crippen LogP contribution in [0.25, 0.3) is 11.0 Å². The van der Waals surface area contributed by atoms with Gasteiger partial charge < -0.3 is 15.1 Å².